The molecule has 1 aromatic rings. The largest absolute Gasteiger partial charge is 0.492 e. The standard InChI is InChI=1S/C15H21N3O3/c1-17(2)12-8-18(9-13(12)19)15(20)11-6-10-4-3-5-21-14(10)7-16-11/h6-7,12-13,19H,3-5,8-9H2,1-2H3/t12-,13-/m0/s1. The Kier molecular flexibility index (Phi) is 3.82. The second-order valence-corrected chi connectivity index (χ2v) is 5.94. The van der Waals surface area contributed by atoms with Gasteiger partial charge in [-0.25, -0.2) is 4.98 Å². The van der Waals surface area contributed by atoms with Crippen molar-refractivity contribution in [1.29, 1.82) is 0 Å². The molecule has 2 aliphatic rings. The van der Waals surface area contributed by atoms with Gasteiger partial charge >= 0.3 is 0 Å². The number of pyridine rings is 1. The molecule has 0 aromatic carbocycles. The Balaban J connectivity index is 1.77. The van der Waals surface area contributed by atoms with Gasteiger partial charge in [-0.15, -0.1) is 0 Å². The lowest BCUT2D eigenvalue weighted by molar-refractivity contribution is 0.0758. The predicted molar refractivity (Wildman–Crippen MR) is 77.4 cm³/mol. The summed E-state index contributed by atoms with van der Waals surface area (Å²) in [5.74, 6) is 0.664. The number of likely N-dealkylation sites (N-methyl/N-ethyl adjacent to an activating group) is 1. The van der Waals surface area contributed by atoms with E-state index in [0.717, 1.165) is 24.2 Å². The van der Waals surface area contributed by atoms with Crippen LogP contribution in [-0.4, -0.2) is 71.7 Å². The SMILES string of the molecule is CN(C)[C@H]1CN(C(=O)c2cc3c(cn2)OCCC3)C[C@@H]1O. The number of carbonyl (C=O) groups excluding carboxylic acids is 1. The van der Waals surface area contributed by atoms with Crippen LogP contribution in [0.25, 0.3) is 0 Å². The molecular formula is C15H21N3O3. The van der Waals surface area contributed by atoms with Crippen LogP contribution in [0.2, 0.25) is 0 Å². The number of aromatic nitrogens is 1. The zero-order valence-corrected chi connectivity index (χ0v) is 12.5. The Morgan fingerprint density at radius 2 is 2.29 bits per heavy atom. The van der Waals surface area contributed by atoms with Crippen LogP contribution in [0.15, 0.2) is 12.3 Å². The number of rotatable bonds is 2. The molecule has 3 rings (SSSR count). The maximum Gasteiger partial charge on any atom is 0.272 e. The highest BCUT2D eigenvalue weighted by Gasteiger charge is 2.36. The maximum atomic E-state index is 12.5. The summed E-state index contributed by atoms with van der Waals surface area (Å²) in [6.45, 7) is 1.60. The molecule has 0 aliphatic carbocycles. The first-order valence-electron chi connectivity index (χ1n) is 7.32. The van der Waals surface area contributed by atoms with E-state index in [0.29, 0.717) is 25.4 Å². The molecule has 0 bridgehead atoms. The minimum absolute atomic E-state index is 0.0186. The van der Waals surface area contributed by atoms with Crippen molar-refractivity contribution in [1.82, 2.24) is 14.8 Å². The number of hydrogen-bond donors (Lipinski definition) is 1. The molecule has 1 amide bonds. The number of nitrogens with zero attached hydrogens (tertiary/aromatic N) is 3. The number of aryl methyl sites for hydroxylation is 1. The molecule has 114 valence electrons. The molecule has 1 N–H and O–H groups in total. The van der Waals surface area contributed by atoms with Gasteiger partial charge in [-0.05, 0) is 38.6 Å². The Labute approximate surface area is 124 Å². The van der Waals surface area contributed by atoms with Crippen LogP contribution in [0, 0.1) is 0 Å². The Morgan fingerprint density at radius 1 is 1.48 bits per heavy atom. The average Bonchev–Trinajstić information content (AvgIpc) is 2.88. The van der Waals surface area contributed by atoms with Gasteiger partial charge in [0.05, 0.1) is 24.9 Å². The van der Waals surface area contributed by atoms with Gasteiger partial charge in [0, 0.05) is 13.1 Å². The highest BCUT2D eigenvalue weighted by atomic mass is 16.5. The molecule has 1 fully saturated rings. The summed E-state index contributed by atoms with van der Waals surface area (Å²) in [6, 6.07) is 1.81. The normalized spacial score (nSPS) is 24.9. The van der Waals surface area contributed by atoms with Gasteiger partial charge in [0.2, 0.25) is 0 Å². The van der Waals surface area contributed by atoms with Crippen LogP contribution >= 0.6 is 0 Å². The quantitative estimate of drug-likeness (QED) is 0.840. The molecule has 0 unspecified atom stereocenters. The van der Waals surface area contributed by atoms with E-state index in [1.165, 1.54) is 0 Å². The number of ether oxygens (including phenoxy) is 1. The molecule has 21 heavy (non-hydrogen) atoms. The third kappa shape index (κ3) is 2.73. The lowest BCUT2D eigenvalue weighted by Crippen LogP contribution is -2.38. The summed E-state index contributed by atoms with van der Waals surface area (Å²) >= 11 is 0. The van der Waals surface area contributed by atoms with Crippen molar-refractivity contribution in [2.45, 2.75) is 25.0 Å². The summed E-state index contributed by atoms with van der Waals surface area (Å²) in [4.78, 5) is 20.4. The van der Waals surface area contributed by atoms with Gasteiger partial charge < -0.3 is 19.6 Å². The van der Waals surface area contributed by atoms with Gasteiger partial charge in [-0.1, -0.05) is 0 Å². The first-order chi connectivity index (χ1) is 10.1. The fourth-order valence-electron chi connectivity index (χ4n) is 2.98. The van der Waals surface area contributed by atoms with E-state index in [1.54, 1.807) is 11.1 Å². The monoisotopic (exact) mass is 291 g/mol. The molecule has 1 saturated heterocycles. The fourth-order valence-corrected chi connectivity index (χ4v) is 2.98. The Hall–Kier alpha value is -1.66. The average molecular weight is 291 g/mol. The second kappa shape index (κ2) is 5.61. The summed E-state index contributed by atoms with van der Waals surface area (Å²) < 4.78 is 5.52. The van der Waals surface area contributed by atoms with Crippen molar-refractivity contribution < 1.29 is 14.6 Å². The number of β-amino-alcohol motifs (C(OH)–C–C–N with tert-alkyl or cyclic N) is 1. The van der Waals surface area contributed by atoms with Crippen molar-refractivity contribution in [3.05, 3.63) is 23.5 Å². The minimum atomic E-state index is -0.509. The molecule has 0 radical (unpaired) electrons. The number of fused-ring (bicyclic) bond motifs is 1. The van der Waals surface area contributed by atoms with E-state index in [-0.39, 0.29) is 11.9 Å². The molecule has 2 atom stereocenters. The van der Waals surface area contributed by atoms with E-state index >= 15 is 0 Å². The number of hydrogen-bond acceptors (Lipinski definition) is 5. The summed E-state index contributed by atoms with van der Waals surface area (Å²) in [6.07, 6.45) is 3.01. The van der Waals surface area contributed by atoms with Gasteiger partial charge in [-0.2, -0.15) is 0 Å². The second-order valence-electron chi connectivity index (χ2n) is 5.94. The molecule has 3 heterocycles. The van der Waals surface area contributed by atoms with Crippen LogP contribution in [0.3, 0.4) is 0 Å². The molecule has 6 nitrogen and oxygen atoms in total. The van der Waals surface area contributed by atoms with Crippen molar-refractivity contribution in [2.75, 3.05) is 33.8 Å². The van der Waals surface area contributed by atoms with Crippen LogP contribution in [-0.2, 0) is 6.42 Å². The van der Waals surface area contributed by atoms with Crippen molar-refractivity contribution in [3.8, 4) is 5.75 Å². The number of aliphatic hydroxyl groups excluding tert-OH is 1. The van der Waals surface area contributed by atoms with Crippen LogP contribution in [0.1, 0.15) is 22.5 Å². The molecular weight excluding hydrogens is 270 g/mol. The minimum Gasteiger partial charge on any atom is -0.492 e. The van der Waals surface area contributed by atoms with E-state index in [2.05, 4.69) is 4.98 Å². The first kappa shape index (κ1) is 14.3. The number of carbonyl (C=O) groups is 1. The van der Waals surface area contributed by atoms with Gasteiger partial charge in [0.15, 0.2) is 0 Å². The lowest BCUT2D eigenvalue weighted by atomic mass is 10.1. The number of amides is 1. The lowest BCUT2D eigenvalue weighted by Gasteiger charge is -2.22. The number of likely N-dealkylation sites (tertiary alicyclic amines) is 1. The number of aliphatic hydroxyl groups is 1. The van der Waals surface area contributed by atoms with Crippen LogP contribution in [0.4, 0.5) is 0 Å². The summed E-state index contributed by atoms with van der Waals surface area (Å²) in [5, 5.41) is 10.0. The van der Waals surface area contributed by atoms with E-state index < -0.39 is 6.10 Å². The Morgan fingerprint density at radius 3 is 3.00 bits per heavy atom. The zero-order chi connectivity index (χ0) is 15.0. The summed E-state index contributed by atoms with van der Waals surface area (Å²) in [5.41, 5.74) is 1.48. The van der Waals surface area contributed by atoms with Crippen LogP contribution in [0.5, 0.6) is 5.75 Å². The topological polar surface area (TPSA) is 65.9 Å². The highest BCUT2D eigenvalue weighted by molar-refractivity contribution is 5.93. The third-order valence-corrected chi connectivity index (χ3v) is 4.23. The van der Waals surface area contributed by atoms with Crippen molar-refractivity contribution >= 4 is 5.91 Å². The molecule has 2 aliphatic heterocycles. The van der Waals surface area contributed by atoms with Gasteiger partial charge in [-0.3, -0.25) is 4.79 Å². The highest BCUT2D eigenvalue weighted by Crippen LogP contribution is 2.25. The van der Waals surface area contributed by atoms with Crippen LogP contribution < -0.4 is 4.74 Å². The third-order valence-electron chi connectivity index (χ3n) is 4.23. The van der Waals surface area contributed by atoms with E-state index in [1.807, 2.05) is 25.1 Å². The fraction of sp³-hybridized carbons (Fsp3) is 0.600. The van der Waals surface area contributed by atoms with E-state index in [9.17, 15) is 9.90 Å². The van der Waals surface area contributed by atoms with Gasteiger partial charge in [0.25, 0.3) is 5.91 Å². The first-order valence-corrected chi connectivity index (χ1v) is 7.32. The van der Waals surface area contributed by atoms with Crippen molar-refractivity contribution in [3.63, 3.8) is 0 Å². The van der Waals surface area contributed by atoms with Crippen molar-refractivity contribution in [2.24, 2.45) is 0 Å². The predicted octanol–water partition coefficient (Wildman–Crippen LogP) is 0.153. The molecule has 0 spiro atoms. The summed E-state index contributed by atoms with van der Waals surface area (Å²) in [7, 11) is 3.83. The molecule has 1 aromatic heterocycles. The molecule has 6 heteroatoms. The molecule has 0 saturated carbocycles. The smallest absolute Gasteiger partial charge is 0.272 e. The van der Waals surface area contributed by atoms with Gasteiger partial charge in [0.1, 0.15) is 11.4 Å². The maximum absolute atomic E-state index is 12.5. The van der Waals surface area contributed by atoms with E-state index in [4.69, 9.17) is 4.74 Å². The Bertz CT molecular complexity index is 547. The zero-order valence-electron chi connectivity index (χ0n) is 12.5.